The minimum atomic E-state index is -0.0445. The normalized spacial score (nSPS) is 23.0. The molecule has 0 spiro atoms. The third kappa shape index (κ3) is 5.33. The second kappa shape index (κ2) is 10.9. The zero-order valence-electron chi connectivity index (χ0n) is 17.0. The monoisotopic (exact) mass is 591 g/mol. The van der Waals surface area contributed by atoms with E-state index in [1.165, 1.54) is 50.8 Å². The van der Waals surface area contributed by atoms with Crippen LogP contribution in [0.4, 0.5) is 0 Å². The van der Waals surface area contributed by atoms with Crippen molar-refractivity contribution < 1.29 is 9.59 Å². The number of aromatic nitrogens is 1. The van der Waals surface area contributed by atoms with Crippen LogP contribution < -0.4 is 0 Å². The summed E-state index contributed by atoms with van der Waals surface area (Å²) in [5.41, 5.74) is 1.10. The molecular formula is C20H17NO2S9. The Hall–Kier alpha value is 0.860. The van der Waals surface area contributed by atoms with Gasteiger partial charge in [0.1, 0.15) is 0 Å². The van der Waals surface area contributed by atoms with Crippen molar-refractivity contribution in [2.45, 2.75) is 24.0 Å². The lowest BCUT2D eigenvalue weighted by molar-refractivity contribution is 0.101. The average Bonchev–Trinajstić information content (AvgIpc) is 3.40. The van der Waals surface area contributed by atoms with Crippen molar-refractivity contribution in [3.05, 3.63) is 48.9 Å². The predicted molar refractivity (Wildman–Crippen MR) is 155 cm³/mol. The van der Waals surface area contributed by atoms with Crippen molar-refractivity contribution in [3.63, 3.8) is 0 Å². The molecule has 0 aromatic carbocycles. The number of thioether (sulfide) groups is 9. The average molecular weight is 592 g/mol. The maximum Gasteiger partial charge on any atom is 0.162 e. The Labute approximate surface area is 225 Å². The number of ketones is 2. The summed E-state index contributed by atoms with van der Waals surface area (Å²) in [5, 5.41) is 0.440. The Morgan fingerprint density at radius 2 is 1.38 bits per heavy atom. The molecule has 4 aliphatic rings. The van der Waals surface area contributed by atoms with Crippen LogP contribution in [0, 0.1) is 0 Å². The Bertz CT molecular complexity index is 1040. The van der Waals surface area contributed by atoms with Gasteiger partial charge in [-0.3, -0.25) is 14.6 Å². The quantitative estimate of drug-likeness (QED) is 0.245. The van der Waals surface area contributed by atoms with Crippen molar-refractivity contribution in [1.29, 1.82) is 0 Å². The number of Topliss-reactive ketones (excluding diaryl/α,β-unsaturated/α-hetero) is 2. The van der Waals surface area contributed by atoms with Gasteiger partial charge in [-0.1, -0.05) is 47.0 Å². The topological polar surface area (TPSA) is 47.0 Å². The molecule has 32 heavy (non-hydrogen) atoms. The van der Waals surface area contributed by atoms with E-state index in [4.69, 9.17) is 0 Å². The van der Waals surface area contributed by atoms with Crippen LogP contribution in [-0.2, 0) is 0 Å². The highest BCUT2D eigenvalue weighted by Gasteiger charge is 2.35. The van der Waals surface area contributed by atoms with Crippen molar-refractivity contribution in [3.8, 4) is 0 Å². The molecule has 0 amide bonds. The maximum absolute atomic E-state index is 12.1. The van der Waals surface area contributed by atoms with Crippen LogP contribution in [-0.4, -0.2) is 44.8 Å². The van der Waals surface area contributed by atoms with E-state index in [1.807, 2.05) is 94.1 Å². The number of nitrogens with zero attached hydrogens (tertiary/aromatic N) is 1. The number of hydrogen-bond donors (Lipinski definition) is 0. The van der Waals surface area contributed by atoms with Gasteiger partial charge in [0.05, 0.1) is 25.4 Å². The van der Waals surface area contributed by atoms with Gasteiger partial charge in [-0.25, -0.2) is 0 Å². The van der Waals surface area contributed by atoms with Crippen molar-refractivity contribution in [2.24, 2.45) is 0 Å². The summed E-state index contributed by atoms with van der Waals surface area (Å²) in [6.45, 7) is 3.08. The highest BCUT2D eigenvalue weighted by molar-refractivity contribution is 8.45. The zero-order valence-corrected chi connectivity index (χ0v) is 24.3. The molecule has 1 atom stereocenters. The Balaban J connectivity index is 1.24. The summed E-state index contributed by atoms with van der Waals surface area (Å²) < 4.78 is 8.72. The van der Waals surface area contributed by atoms with Gasteiger partial charge in [0.2, 0.25) is 0 Å². The maximum atomic E-state index is 12.1. The smallest absolute Gasteiger partial charge is 0.162 e. The molecule has 5 heterocycles. The lowest BCUT2D eigenvalue weighted by Crippen LogP contribution is -2.14. The van der Waals surface area contributed by atoms with Gasteiger partial charge >= 0.3 is 0 Å². The molecule has 0 bridgehead atoms. The van der Waals surface area contributed by atoms with Gasteiger partial charge in [0.15, 0.2) is 11.6 Å². The SMILES string of the molecule is CC(=O)c1cncc(C(C)=O)c1SCC1CSC2=C(SC(=C3SC4=C(SCCS4)S3)S2)S1. The molecule has 5 rings (SSSR count). The molecule has 0 fully saturated rings. The number of rotatable bonds is 5. The lowest BCUT2D eigenvalue weighted by atomic mass is 10.1. The van der Waals surface area contributed by atoms with Crippen molar-refractivity contribution in [1.82, 2.24) is 4.98 Å². The van der Waals surface area contributed by atoms with Crippen molar-refractivity contribution >= 4 is 117 Å². The third-order valence-electron chi connectivity index (χ3n) is 4.53. The van der Waals surface area contributed by atoms with Gasteiger partial charge in [-0.2, -0.15) is 0 Å². The minimum absolute atomic E-state index is 0.0445. The predicted octanol–water partition coefficient (Wildman–Crippen LogP) is 8.25. The van der Waals surface area contributed by atoms with Crippen LogP contribution in [0.2, 0.25) is 0 Å². The fraction of sp³-hybridized carbons (Fsp3) is 0.350. The van der Waals surface area contributed by atoms with E-state index >= 15 is 0 Å². The van der Waals surface area contributed by atoms with Crippen molar-refractivity contribution in [2.75, 3.05) is 23.0 Å². The van der Waals surface area contributed by atoms with Crippen LogP contribution >= 0.6 is 106 Å². The molecule has 1 unspecified atom stereocenters. The van der Waals surface area contributed by atoms with Crippen LogP contribution in [0.5, 0.6) is 0 Å². The second-order valence-electron chi connectivity index (χ2n) is 6.87. The second-order valence-corrected chi connectivity index (χ2v) is 18.1. The first-order valence-electron chi connectivity index (χ1n) is 9.61. The first kappa shape index (κ1) is 24.5. The number of carbonyl (C=O) groups is 2. The summed E-state index contributed by atoms with van der Waals surface area (Å²) in [7, 11) is 0. The van der Waals surface area contributed by atoms with E-state index in [0.717, 1.165) is 16.4 Å². The summed E-state index contributed by atoms with van der Waals surface area (Å²) in [6.07, 6.45) is 3.17. The number of pyridine rings is 1. The molecule has 0 radical (unpaired) electrons. The van der Waals surface area contributed by atoms with Crippen LogP contribution in [0.25, 0.3) is 0 Å². The van der Waals surface area contributed by atoms with Gasteiger partial charge in [0, 0.05) is 56.7 Å². The Kier molecular flexibility index (Phi) is 8.33. The molecule has 4 aliphatic heterocycles. The summed E-state index contributed by atoms with van der Waals surface area (Å²) >= 11 is 17.3. The van der Waals surface area contributed by atoms with E-state index in [2.05, 4.69) is 4.98 Å². The highest BCUT2D eigenvalue weighted by Crippen LogP contribution is 2.68. The fourth-order valence-electron chi connectivity index (χ4n) is 3.04. The Morgan fingerprint density at radius 1 is 0.844 bits per heavy atom. The number of hydrogen-bond acceptors (Lipinski definition) is 12. The van der Waals surface area contributed by atoms with Gasteiger partial charge in [-0.05, 0) is 13.8 Å². The van der Waals surface area contributed by atoms with Crippen LogP contribution in [0.15, 0.2) is 42.7 Å². The highest BCUT2D eigenvalue weighted by atomic mass is 32.3. The van der Waals surface area contributed by atoms with Gasteiger partial charge in [-0.15, -0.1) is 58.8 Å². The summed E-state index contributed by atoms with van der Waals surface area (Å²) in [5.74, 6) is 4.25. The molecule has 0 aliphatic carbocycles. The lowest BCUT2D eigenvalue weighted by Gasteiger charge is -2.21. The van der Waals surface area contributed by atoms with Crippen LogP contribution in [0.3, 0.4) is 0 Å². The van der Waals surface area contributed by atoms with E-state index in [-0.39, 0.29) is 11.6 Å². The first-order valence-corrected chi connectivity index (χ1v) is 17.7. The molecule has 0 saturated carbocycles. The minimum Gasteiger partial charge on any atom is -0.294 e. The Morgan fingerprint density at radius 3 is 1.94 bits per heavy atom. The molecule has 0 N–H and O–H groups in total. The van der Waals surface area contributed by atoms with E-state index in [1.54, 1.807) is 24.2 Å². The van der Waals surface area contributed by atoms with E-state index in [0.29, 0.717) is 16.4 Å². The van der Waals surface area contributed by atoms with Gasteiger partial charge in [0.25, 0.3) is 0 Å². The number of carbonyl (C=O) groups excluding carboxylic acids is 2. The molecule has 1 aromatic heterocycles. The van der Waals surface area contributed by atoms with Gasteiger partial charge < -0.3 is 0 Å². The molecular weight excluding hydrogens is 575 g/mol. The summed E-state index contributed by atoms with van der Waals surface area (Å²) in [6, 6.07) is 0. The molecule has 0 saturated heterocycles. The standard InChI is InChI=1S/C20H17NO2S9/c1-9(22)12-5-21-6-13(10(2)23)14(12)26-7-11-8-27-17-18(28-11)32-20(31-17)19-29-15-16(30-19)25-4-3-24-15/h5-6,11H,3-4,7-8H2,1-2H3. The third-order valence-corrected chi connectivity index (χ3v) is 18.4. The summed E-state index contributed by atoms with van der Waals surface area (Å²) in [4.78, 5) is 29.1. The fourth-order valence-corrected chi connectivity index (χ4v) is 17.2. The molecule has 3 nitrogen and oxygen atoms in total. The van der Waals surface area contributed by atoms with E-state index in [9.17, 15) is 9.59 Å². The van der Waals surface area contributed by atoms with Crippen LogP contribution in [0.1, 0.15) is 34.6 Å². The molecule has 12 heteroatoms. The molecule has 168 valence electrons. The molecule has 1 aromatic rings. The largest absolute Gasteiger partial charge is 0.294 e. The zero-order chi connectivity index (χ0) is 22.2. The first-order chi connectivity index (χ1) is 15.5. The van der Waals surface area contributed by atoms with E-state index < -0.39 is 0 Å².